The largest absolute Gasteiger partial charge is 0.435 e. The van der Waals surface area contributed by atoms with E-state index in [2.05, 4.69) is 26.2 Å². The molecule has 1 aromatic carbocycles. The quantitative estimate of drug-likeness (QED) is 0.931. The minimum Gasteiger partial charge on any atom is -0.435 e. The predicted molar refractivity (Wildman–Crippen MR) is 67.9 cm³/mol. The number of hydrogen-bond acceptors (Lipinski definition) is 3. The Morgan fingerprint density at radius 3 is 2.61 bits per heavy atom. The molecule has 0 aliphatic rings. The smallest absolute Gasteiger partial charge is 0.258 e. The van der Waals surface area contributed by atoms with Crippen LogP contribution in [0.2, 0.25) is 0 Å². The lowest BCUT2D eigenvalue weighted by Crippen LogP contribution is -2.01. The van der Waals surface area contributed by atoms with Crippen LogP contribution in [0.4, 0.5) is 14.6 Å². The Bertz CT molecular complexity index is 578. The number of nitrogens with one attached hydrogen (secondary N) is 1. The Hall–Kier alpha value is -1.69. The van der Waals surface area contributed by atoms with Crippen LogP contribution in [0.15, 0.2) is 34.8 Å². The molecule has 6 heteroatoms. The molecule has 1 N–H and O–H groups in total. The van der Waals surface area contributed by atoms with Gasteiger partial charge in [0, 0.05) is 13.1 Å². The Kier molecular flexibility index (Phi) is 3.76. The Balaban J connectivity index is 2.38. The van der Waals surface area contributed by atoms with Gasteiger partial charge >= 0.3 is 0 Å². The topological polar surface area (TPSA) is 34.2 Å². The average molecular weight is 315 g/mol. The highest BCUT2D eigenvalue weighted by Crippen LogP contribution is 2.30. The number of aromatic nitrogens is 1. The molecule has 0 bridgehead atoms. The summed E-state index contributed by atoms with van der Waals surface area (Å²) in [6, 6.07) is 7.65. The van der Waals surface area contributed by atoms with Crippen molar-refractivity contribution in [2.24, 2.45) is 0 Å². The fourth-order valence-corrected chi connectivity index (χ4v) is 1.69. The first kappa shape index (κ1) is 12.8. The highest BCUT2D eigenvalue weighted by atomic mass is 79.9. The van der Waals surface area contributed by atoms with Gasteiger partial charge in [0.15, 0.2) is 17.5 Å². The molecule has 0 unspecified atom stereocenters. The summed E-state index contributed by atoms with van der Waals surface area (Å²) in [4.78, 5) is 3.72. The van der Waals surface area contributed by atoms with Gasteiger partial charge in [-0.25, -0.2) is 8.78 Å². The van der Waals surface area contributed by atoms with E-state index < -0.39 is 11.6 Å². The fraction of sp³-hybridized carbons (Fsp3) is 0.0833. The van der Waals surface area contributed by atoms with E-state index in [0.717, 1.165) is 6.07 Å². The summed E-state index contributed by atoms with van der Waals surface area (Å²) in [6.45, 7) is 0. The van der Waals surface area contributed by atoms with Gasteiger partial charge in [-0.1, -0.05) is 12.1 Å². The molecular formula is C12H9BrF2N2O. The molecule has 0 spiro atoms. The molecule has 94 valence electrons. The van der Waals surface area contributed by atoms with E-state index in [1.54, 1.807) is 24.3 Å². The second-order valence-corrected chi connectivity index (χ2v) is 4.24. The van der Waals surface area contributed by atoms with Crippen LogP contribution in [0, 0.1) is 11.6 Å². The average Bonchev–Trinajstić information content (AvgIpc) is 2.35. The molecule has 3 nitrogen and oxygen atoms in total. The van der Waals surface area contributed by atoms with Gasteiger partial charge in [-0.3, -0.25) is 0 Å². The summed E-state index contributed by atoms with van der Waals surface area (Å²) in [7, 11) is 1.49. The van der Waals surface area contributed by atoms with Crippen LogP contribution < -0.4 is 10.1 Å². The third kappa shape index (κ3) is 2.59. The normalized spacial score (nSPS) is 10.2. The van der Waals surface area contributed by atoms with Crippen molar-refractivity contribution in [3.8, 4) is 11.6 Å². The van der Waals surface area contributed by atoms with Crippen LogP contribution in [0.3, 0.4) is 0 Å². The van der Waals surface area contributed by atoms with Crippen molar-refractivity contribution in [1.29, 1.82) is 0 Å². The van der Waals surface area contributed by atoms with Gasteiger partial charge in [0.25, 0.3) is 5.88 Å². The predicted octanol–water partition coefficient (Wildman–Crippen LogP) is 3.96. The zero-order valence-corrected chi connectivity index (χ0v) is 11.0. The molecule has 0 aliphatic carbocycles. The number of halogens is 3. The van der Waals surface area contributed by atoms with Crippen LogP contribution in [0.25, 0.3) is 0 Å². The molecule has 0 fully saturated rings. The molecule has 0 atom stereocenters. The van der Waals surface area contributed by atoms with Gasteiger partial charge in [0.2, 0.25) is 0 Å². The molecule has 1 aromatic heterocycles. The maximum absolute atomic E-state index is 13.5. The number of ether oxygens (including phenoxy) is 1. The lowest BCUT2D eigenvalue weighted by atomic mass is 10.3. The van der Waals surface area contributed by atoms with E-state index in [9.17, 15) is 8.78 Å². The number of pyridine rings is 1. The lowest BCUT2D eigenvalue weighted by molar-refractivity contribution is 0.416. The maximum Gasteiger partial charge on any atom is 0.258 e. The van der Waals surface area contributed by atoms with Crippen molar-refractivity contribution in [3.05, 3.63) is 46.4 Å². The number of benzene rings is 1. The highest BCUT2D eigenvalue weighted by Gasteiger charge is 2.13. The van der Waals surface area contributed by atoms with Gasteiger partial charge < -0.3 is 10.1 Å². The van der Waals surface area contributed by atoms with Crippen LogP contribution in [0.5, 0.6) is 11.6 Å². The van der Waals surface area contributed by atoms with Crippen LogP contribution in [-0.2, 0) is 0 Å². The van der Waals surface area contributed by atoms with Crippen LogP contribution >= 0.6 is 15.9 Å². The molecule has 0 aliphatic heterocycles. The Labute approximate surface area is 111 Å². The SMILES string of the molecule is CNc1nc(Oc2ccccc2Br)c(F)cc1F. The minimum atomic E-state index is -0.859. The van der Waals surface area contributed by atoms with E-state index >= 15 is 0 Å². The number of para-hydroxylation sites is 1. The summed E-state index contributed by atoms with van der Waals surface area (Å²) >= 11 is 3.26. The molecule has 1 heterocycles. The van der Waals surface area contributed by atoms with E-state index in [4.69, 9.17) is 4.74 Å². The van der Waals surface area contributed by atoms with Crippen LogP contribution in [-0.4, -0.2) is 12.0 Å². The third-order valence-electron chi connectivity index (χ3n) is 2.18. The molecule has 0 saturated carbocycles. The monoisotopic (exact) mass is 314 g/mol. The zero-order valence-electron chi connectivity index (χ0n) is 9.38. The molecule has 2 aromatic rings. The van der Waals surface area contributed by atoms with Crippen LogP contribution in [0.1, 0.15) is 0 Å². The summed E-state index contributed by atoms with van der Waals surface area (Å²) in [6.07, 6.45) is 0. The lowest BCUT2D eigenvalue weighted by Gasteiger charge is -2.09. The summed E-state index contributed by atoms with van der Waals surface area (Å²) in [5.74, 6) is -1.58. The molecular weight excluding hydrogens is 306 g/mol. The minimum absolute atomic E-state index is 0.0709. The molecule has 18 heavy (non-hydrogen) atoms. The summed E-state index contributed by atoms with van der Waals surface area (Å²) in [5, 5.41) is 2.52. The highest BCUT2D eigenvalue weighted by molar-refractivity contribution is 9.10. The Morgan fingerprint density at radius 1 is 1.22 bits per heavy atom. The first-order chi connectivity index (χ1) is 8.61. The van der Waals surface area contributed by atoms with E-state index in [0.29, 0.717) is 10.2 Å². The maximum atomic E-state index is 13.5. The third-order valence-corrected chi connectivity index (χ3v) is 2.83. The molecule has 2 rings (SSSR count). The molecule has 0 saturated heterocycles. The standard InChI is InChI=1S/C12H9BrF2N2O/c1-16-11-8(14)6-9(15)12(17-11)18-10-5-3-2-4-7(10)13/h2-6H,1H3,(H,16,17). The van der Waals surface area contributed by atoms with Gasteiger partial charge in [0.1, 0.15) is 5.75 Å². The van der Waals surface area contributed by atoms with Gasteiger partial charge in [-0.2, -0.15) is 4.98 Å². The number of rotatable bonds is 3. The van der Waals surface area contributed by atoms with E-state index in [-0.39, 0.29) is 11.7 Å². The summed E-state index contributed by atoms with van der Waals surface area (Å²) in [5.41, 5.74) is 0. The Morgan fingerprint density at radius 2 is 1.94 bits per heavy atom. The zero-order chi connectivity index (χ0) is 13.1. The van der Waals surface area contributed by atoms with Crippen molar-refractivity contribution < 1.29 is 13.5 Å². The van der Waals surface area contributed by atoms with Crippen molar-refractivity contribution >= 4 is 21.7 Å². The van der Waals surface area contributed by atoms with E-state index in [1.807, 2.05) is 0 Å². The van der Waals surface area contributed by atoms with Crippen molar-refractivity contribution in [3.63, 3.8) is 0 Å². The second kappa shape index (κ2) is 5.30. The first-order valence-corrected chi connectivity index (χ1v) is 5.87. The molecule has 0 radical (unpaired) electrons. The van der Waals surface area contributed by atoms with Crippen molar-refractivity contribution in [2.45, 2.75) is 0 Å². The fourth-order valence-electron chi connectivity index (χ4n) is 1.33. The number of anilines is 1. The van der Waals surface area contributed by atoms with Gasteiger partial charge in [0.05, 0.1) is 4.47 Å². The van der Waals surface area contributed by atoms with Crippen molar-refractivity contribution in [1.82, 2.24) is 4.98 Å². The van der Waals surface area contributed by atoms with Gasteiger partial charge in [-0.15, -0.1) is 0 Å². The number of hydrogen-bond donors (Lipinski definition) is 1. The van der Waals surface area contributed by atoms with Gasteiger partial charge in [-0.05, 0) is 28.1 Å². The summed E-state index contributed by atoms with van der Waals surface area (Å²) < 4.78 is 32.7. The van der Waals surface area contributed by atoms with Crippen molar-refractivity contribution in [2.75, 3.05) is 12.4 Å². The molecule has 0 amide bonds. The number of nitrogens with zero attached hydrogens (tertiary/aromatic N) is 1. The first-order valence-electron chi connectivity index (χ1n) is 5.08. The second-order valence-electron chi connectivity index (χ2n) is 3.39. The van der Waals surface area contributed by atoms with E-state index in [1.165, 1.54) is 7.05 Å².